The molecule has 1 heterocycles. The van der Waals surface area contributed by atoms with E-state index in [1.54, 1.807) is 30.3 Å². The summed E-state index contributed by atoms with van der Waals surface area (Å²) < 4.78 is 24.6. The number of esters is 1. The van der Waals surface area contributed by atoms with Crippen LogP contribution in [0.2, 0.25) is 0 Å². The minimum atomic E-state index is -0.752. The van der Waals surface area contributed by atoms with Gasteiger partial charge in [0, 0.05) is 11.6 Å². The number of carbonyl (C=O) groups excluding carboxylic acids is 3. The molecule has 1 aliphatic rings. The maximum atomic E-state index is 14.3. The van der Waals surface area contributed by atoms with Crippen LogP contribution in [0.25, 0.3) is 6.08 Å². The molecule has 0 saturated carbocycles. The molecule has 9 heteroatoms. The Morgan fingerprint density at radius 3 is 2.48 bits per heavy atom. The van der Waals surface area contributed by atoms with Crippen molar-refractivity contribution in [2.75, 3.05) is 7.11 Å². The van der Waals surface area contributed by atoms with Crippen LogP contribution in [-0.2, 0) is 20.7 Å². The number of nitrogens with one attached hydrogen (secondary N) is 1. The molecule has 1 aliphatic heterocycles. The van der Waals surface area contributed by atoms with E-state index in [0.29, 0.717) is 12.2 Å². The number of thioether (sulfide) groups is 1. The number of hydrogen-bond donors (Lipinski definition) is 2. The van der Waals surface area contributed by atoms with Gasteiger partial charge in [0.25, 0.3) is 11.1 Å². The summed E-state index contributed by atoms with van der Waals surface area (Å²) in [5, 5.41) is 1.62. The van der Waals surface area contributed by atoms with Gasteiger partial charge >= 0.3 is 5.97 Å². The van der Waals surface area contributed by atoms with Crippen LogP contribution in [0, 0.1) is 5.82 Å². The Bertz CT molecular complexity index is 991. The van der Waals surface area contributed by atoms with Crippen molar-refractivity contribution in [3.63, 3.8) is 0 Å². The molecule has 0 aromatic heterocycles. The number of halogens is 1. The van der Waals surface area contributed by atoms with Gasteiger partial charge in [-0.25, -0.2) is 4.39 Å². The van der Waals surface area contributed by atoms with Gasteiger partial charge in [-0.2, -0.15) is 0 Å². The van der Waals surface area contributed by atoms with Gasteiger partial charge in [0.15, 0.2) is 0 Å². The first kappa shape index (κ1) is 20.6. The minimum absolute atomic E-state index is 0.128. The molecule has 3 rings (SSSR count). The Labute approximate surface area is 170 Å². The van der Waals surface area contributed by atoms with Gasteiger partial charge in [0.05, 0.1) is 12.0 Å². The number of benzene rings is 2. The Hall–Kier alpha value is -3.17. The van der Waals surface area contributed by atoms with Crippen molar-refractivity contribution in [3.8, 4) is 11.5 Å². The first-order valence-corrected chi connectivity index (χ1v) is 9.32. The summed E-state index contributed by atoms with van der Waals surface area (Å²) in [7, 11) is 1.28. The molecule has 0 radical (unpaired) electrons. The minimum Gasteiger partial charge on any atom is -0.468 e. The zero-order chi connectivity index (χ0) is 21.0. The second-order valence-corrected chi connectivity index (χ2v) is 7.13. The number of rotatable bonds is 6. The second-order valence-electron chi connectivity index (χ2n) is 6.12. The average Bonchev–Trinajstić information content (AvgIpc) is 3.01. The van der Waals surface area contributed by atoms with Gasteiger partial charge in [-0.1, -0.05) is 12.1 Å². The molecule has 2 aromatic rings. The third-order valence-corrected chi connectivity index (χ3v) is 4.83. The molecule has 2 aromatic carbocycles. The lowest BCUT2D eigenvalue weighted by Crippen LogP contribution is -2.33. The van der Waals surface area contributed by atoms with E-state index in [4.69, 9.17) is 10.5 Å². The molecule has 29 heavy (non-hydrogen) atoms. The topological polar surface area (TPSA) is 108 Å². The molecule has 0 bridgehead atoms. The number of methoxy groups -OCH3 is 1. The normalized spacial score (nSPS) is 15.9. The van der Waals surface area contributed by atoms with E-state index in [1.165, 1.54) is 25.3 Å². The van der Waals surface area contributed by atoms with Crippen LogP contribution in [0.4, 0.5) is 9.18 Å². The van der Waals surface area contributed by atoms with Crippen molar-refractivity contribution in [2.45, 2.75) is 12.5 Å². The first-order chi connectivity index (χ1) is 13.9. The van der Waals surface area contributed by atoms with Gasteiger partial charge in [-0.05, 0) is 54.1 Å². The number of amides is 2. The fraction of sp³-hybridized carbons (Fsp3) is 0.150. The standard InChI is InChI=1S/C20H17FN2O5S/c1-27-19(25)16(22)8-11-2-5-13(6-3-11)28-14-7-4-12(15(21)10-14)9-17-18(24)23-20(26)29-17/h2-7,9-10,16H,8,22H2,1H3,(H,23,24,26)/b17-9+/t16-/m0/s1. The lowest BCUT2D eigenvalue weighted by Gasteiger charge is -2.10. The highest BCUT2D eigenvalue weighted by molar-refractivity contribution is 8.18. The summed E-state index contributed by atoms with van der Waals surface area (Å²) in [5.74, 6) is -0.894. The van der Waals surface area contributed by atoms with Crippen molar-refractivity contribution < 1.29 is 28.2 Å². The number of ether oxygens (including phenoxy) is 2. The maximum Gasteiger partial charge on any atom is 0.322 e. The predicted molar refractivity (Wildman–Crippen MR) is 106 cm³/mol. The molecule has 2 amide bonds. The van der Waals surface area contributed by atoms with E-state index in [1.807, 2.05) is 0 Å². The maximum absolute atomic E-state index is 14.3. The molecule has 0 aliphatic carbocycles. The van der Waals surface area contributed by atoms with Gasteiger partial charge in [0.1, 0.15) is 23.4 Å². The molecule has 3 N–H and O–H groups in total. The third-order valence-electron chi connectivity index (χ3n) is 4.02. The van der Waals surface area contributed by atoms with E-state index in [0.717, 1.165) is 17.3 Å². The molecule has 0 unspecified atom stereocenters. The Morgan fingerprint density at radius 2 is 1.90 bits per heavy atom. The largest absolute Gasteiger partial charge is 0.468 e. The van der Waals surface area contributed by atoms with Gasteiger partial charge in [0.2, 0.25) is 0 Å². The number of nitrogens with two attached hydrogens (primary N) is 1. The third kappa shape index (κ3) is 5.21. The summed E-state index contributed by atoms with van der Waals surface area (Å²) in [6.07, 6.45) is 1.63. The smallest absolute Gasteiger partial charge is 0.322 e. The molecular weight excluding hydrogens is 399 g/mol. The number of hydrogen-bond acceptors (Lipinski definition) is 7. The van der Waals surface area contributed by atoms with E-state index in [-0.39, 0.29) is 16.2 Å². The molecular formula is C20H17FN2O5S. The van der Waals surface area contributed by atoms with Crippen molar-refractivity contribution >= 4 is 35.0 Å². The molecule has 7 nitrogen and oxygen atoms in total. The second kappa shape index (κ2) is 8.89. The fourth-order valence-electron chi connectivity index (χ4n) is 2.57. The van der Waals surface area contributed by atoms with Crippen LogP contribution in [0.15, 0.2) is 47.4 Å². The van der Waals surface area contributed by atoms with Crippen LogP contribution in [0.1, 0.15) is 11.1 Å². The molecule has 0 spiro atoms. The monoisotopic (exact) mass is 416 g/mol. The molecule has 1 atom stereocenters. The average molecular weight is 416 g/mol. The highest BCUT2D eigenvalue weighted by Crippen LogP contribution is 2.29. The summed E-state index contributed by atoms with van der Waals surface area (Å²) in [4.78, 5) is 34.2. The van der Waals surface area contributed by atoms with Crippen molar-refractivity contribution in [1.29, 1.82) is 0 Å². The van der Waals surface area contributed by atoms with E-state index in [2.05, 4.69) is 10.1 Å². The van der Waals surface area contributed by atoms with Crippen molar-refractivity contribution in [2.24, 2.45) is 5.73 Å². The highest BCUT2D eigenvalue weighted by atomic mass is 32.2. The highest BCUT2D eigenvalue weighted by Gasteiger charge is 2.25. The quantitative estimate of drug-likeness (QED) is 0.551. The van der Waals surface area contributed by atoms with Crippen LogP contribution in [0.3, 0.4) is 0 Å². The fourth-order valence-corrected chi connectivity index (χ4v) is 3.24. The Morgan fingerprint density at radius 1 is 1.21 bits per heavy atom. The van der Waals surface area contributed by atoms with Gasteiger partial charge in [-0.3, -0.25) is 19.7 Å². The van der Waals surface area contributed by atoms with E-state index < -0.39 is 29.0 Å². The van der Waals surface area contributed by atoms with Crippen molar-refractivity contribution in [3.05, 3.63) is 64.3 Å². The number of carbonyl (C=O) groups is 3. The van der Waals surface area contributed by atoms with Crippen molar-refractivity contribution in [1.82, 2.24) is 5.32 Å². The zero-order valence-corrected chi connectivity index (χ0v) is 16.1. The summed E-state index contributed by atoms with van der Waals surface area (Å²) in [5.41, 5.74) is 6.72. The first-order valence-electron chi connectivity index (χ1n) is 8.50. The predicted octanol–water partition coefficient (Wildman–Crippen LogP) is 2.98. The summed E-state index contributed by atoms with van der Waals surface area (Å²) >= 11 is 0.718. The number of imide groups is 1. The van der Waals surface area contributed by atoms with Crippen LogP contribution >= 0.6 is 11.8 Å². The lowest BCUT2D eigenvalue weighted by atomic mass is 10.1. The zero-order valence-electron chi connectivity index (χ0n) is 15.3. The van der Waals surface area contributed by atoms with Gasteiger partial charge in [-0.15, -0.1) is 0 Å². The van der Waals surface area contributed by atoms with E-state index >= 15 is 0 Å². The lowest BCUT2D eigenvalue weighted by molar-refractivity contribution is -0.142. The molecule has 1 saturated heterocycles. The van der Waals surface area contributed by atoms with Crippen LogP contribution < -0.4 is 15.8 Å². The van der Waals surface area contributed by atoms with Crippen LogP contribution in [0.5, 0.6) is 11.5 Å². The van der Waals surface area contributed by atoms with Gasteiger partial charge < -0.3 is 15.2 Å². The molecule has 150 valence electrons. The molecule has 1 fully saturated rings. The summed E-state index contributed by atoms with van der Waals surface area (Å²) in [6, 6.07) is 10.3. The summed E-state index contributed by atoms with van der Waals surface area (Å²) in [6.45, 7) is 0. The SMILES string of the molecule is COC(=O)[C@@H](N)Cc1ccc(Oc2ccc(/C=C3/SC(=O)NC3=O)c(F)c2)cc1. The Balaban J connectivity index is 1.67. The van der Waals surface area contributed by atoms with Crippen LogP contribution in [-0.4, -0.2) is 30.3 Å². The Kier molecular flexibility index (Phi) is 6.30. The van der Waals surface area contributed by atoms with E-state index in [9.17, 15) is 18.8 Å².